The highest BCUT2D eigenvalue weighted by Crippen LogP contribution is 2.04. The van der Waals surface area contributed by atoms with Crippen molar-refractivity contribution in [3.8, 4) is 0 Å². The number of aromatic nitrogens is 2. The van der Waals surface area contributed by atoms with Crippen LogP contribution in [0.3, 0.4) is 0 Å². The van der Waals surface area contributed by atoms with Crippen LogP contribution in [0.1, 0.15) is 18.2 Å². The van der Waals surface area contributed by atoms with E-state index >= 15 is 0 Å². The third kappa shape index (κ3) is 2.95. The minimum absolute atomic E-state index is 0.158. The third-order valence-corrected chi connectivity index (χ3v) is 2.27. The van der Waals surface area contributed by atoms with Gasteiger partial charge in [-0.05, 0) is 13.8 Å². The van der Waals surface area contributed by atoms with E-state index < -0.39 is 0 Å². The number of hydrogen-bond donors (Lipinski definition) is 3. The number of nitrogens with one attached hydrogen (secondary N) is 1. The molecule has 0 spiro atoms. The van der Waals surface area contributed by atoms with Crippen molar-refractivity contribution in [1.82, 2.24) is 15.1 Å². The molecule has 1 heterocycles. The fraction of sp³-hybridized carbons (Fsp3) is 0.556. The first-order valence-corrected chi connectivity index (χ1v) is 4.74. The molecule has 6 heteroatoms. The molecule has 0 radical (unpaired) electrons. The highest BCUT2D eigenvalue weighted by atomic mass is 16.4. The van der Waals surface area contributed by atoms with E-state index in [4.69, 9.17) is 10.9 Å². The maximum Gasteiger partial charge on any atom is 0.156 e. The standard InChI is InChI=1S/C9H17N5O/c1-6-8(5-14(3)12-6)4-11-7(2)9(10)13-15/h5,7,11,15H,4H2,1-3H3,(H2,10,13). The molecule has 0 aliphatic heterocycles. The molecule has 15 heavy (non-hydrogen) atoms. The van der Waals surface area contributed by atoms with Crippen molar-refractivity contribution in [2.24, 2.45) is 17.9 Å². The number of aryl methyl sites for hydroxylation is 2. The molecule has 6 nitrogen and oxygen atoms in total. The Hall–Kier alpha value is -1.56. The zero-order chi connectivity index (χ0) is 11.4. The van der Waals surface area contributed by atoms with Crippen LogP contribution >= 0.6 is 0 Å². The summed E-state index contributed by atoms with van der Waals surface area (Å²) in [5.74, 6) is 0.177. The van der Waals surface area contributed by atoms with Crippen LogP contribution in [0, 0.1) is 6.92 Å². The van der Waals surface area contributed by atoms with Crippen LogP contribution in [0.2, 0.25) is 0 Å². The summed E-state index contributed by atoms with van der Waals surface area (Å²) in [6.07, 6.45) is 1.95. The van der Waals surface area contributed by atoms with Gasteiger partial charge in [0.25, 0.3) is 0 Å². The fourth-order valence-corrected chi connectivity index (χ4v) is 1.28. The second-order valence-electron chi connectivity index (χ2n) is 3.54. The summed E-state index contributed by atoms with van der Waals surface area (Å²) in [6, 6.07) is -0.158. The van der Waals surface area contributed by atoms with Crippen LogP contribution in [0.4, 0.5) is 0 Å². The molecule has 1 unspecified atom stereocenters. The van der Waals surface area contributed by atoms with Crippen molar-refractivity contribution < 1.29 is 5.21 Å². The van der Waals surface area contributed by atoms with Gasteiger partial charge < -0.3 is 16.3 Å². The van der Waals surface area contributed by atoms with E-state index in [0.717, 1.165) is 11.3 Å². The minimum atomic E-state index is -0.158. The van der Waals surface area contributed by atoms with E-state index in [1.807, 2.05) is 27.1 Å². The van der Waals surface area contributed by atoms with E-state index in [2.05, 4.69) is 15.6 Å². The number of hydrogen-bond acceptors (Lipinski definition) is 4. The van der Waals surface area contributed by atoms with Crippen LogP contribution in [0.15, 0.2) is 11.4 Å². The van der Waals surface area contributed by atoms with E-state index in [-0.39, 0.29) is 11.9 Å². The van der Waals surface area contributed by atoms with Crippen molar-refractivity contribution in [3.05, 3.63) is 17.5 Å². The first kappa shape index (κ1) is 11.5. The molecule has 1 aromatic heterocycles. The first-order chi connectivity index (χ1) is 7.04. The Bertz CT molecular complexity index is 357. The van der Waals surface area contributed by atoms with Crippen LogP contribution in [0.25, 0.3) is 0 Å². The van der Waals surface area contributed by atoms with Gasteiger partial charge in [-0.2, -0.15) is 5.10 Å². The topological polar surface area (TPSA) is 88.5 Å². The summed E-state index contributed by atoms with van der Waals surface area (Å²) in [5.41, 5.74) is 7.53. The van der Waals surface area contributed by atoms with Gasteiger partial charge in [0.05, 0.1) is 11.7 Å². The van der Waals surface area contributed by atoms with Crippen LogP contribution < -0.4 is 11.1 Å². The van der Waals surface area contributed by atoms with Gasteiger partial charge in [-0.3, -0.25) is 4.68 Å². The lowest BCUT2D eigenvalue weighted by Crippen LogP contribution is -2.38. The SMILES string of the molecule is Cc1nn(C)cc1CNC(C)C(N)=NO. The smallest absolute Gasteiger partial charge is 0.156 e. The minimum Gasteiger partial charge on any atom is -0.409 e. The van der Waals surface area contributed by atoms with Gasteiger partial charge in [-0.25, -0.2) is 0 Å². The second-order valence-corrected chi connectivity index (χ2v) is 3.54. The zero-order valence-electron chi connectivity index (χ0n) is 9.23. The molecule has 0 amide bonds. The molecular formula is C9H17N5O. The number of rotatable bonds is 4. The molecule has 0 aliphatic rings. The number of oxime groups is 1. The molecule has 0 aliphatic carbocycles. The maximum absolute atomic E-state index is 8.47. The Morgan fingerprint density at radius 2 is 2.47 bits per heavy atom. The molecule has 0 saturated carbocycles. The van der Waals surface area contributed by atoms with Crippen molar-refractivity contribution >= 4 is 5.84 Å². The van der Waals surface area contributed by atoms with Gasteiger partial charge in [0, 0.05) is 25.4 Å². The van der Waals surface area contributed by atoms with Crippen LogP contribution in [-0.4, -0.2) is 26.9 Å². The monoisotopic (exact) mass is 211 g/mol. The highest BCUT2D eigenvalue weighted by molar-refractivity contribution is 5.84. The average Bonchev–Trinajstić information content (AvgIpc) is 2.52. The van der Waals surface area contributed by atoms with Crippen molar-refractivity contribution in [2.45, 2.75) is 26.4 Å². The molecule has 84 valence electrons. The Morgan fingerprint density at radius 3 is 2.93 bits per heavy atom. The number of nitrogens with zero attached hydrogens (tertiary/aromatic N) is 3. The van der Waals surface area contributed by atoms with Crippen LogP contribution in [0.5, 0.6) is 0 Å². The lowest BCUT2D eigenvalue weighted by molar-refractivity contribution is 0.315. The summed E-state index contributed by atoms with van der Waals surface area (Å²) in [5, 5.41) is 18.8. The molecule has 1 aromatic rings. The largest absolute Gasteiger partial charge is 0.409 e. The Morgan fingerprint density at radius 1 is 1.80 bits per heavy atom. The van der Waals surface area contributed by atoms with Gasteiger partial charge in [0.2, 0.25) is 0 Å². The van der Waals surface area contributed by atoms with E-state index in [1.54, 1.807) is 4.68 Å². The van der Waals surface area contributed by atoms with Crippen molar-refractivity contribution in [3.63, 3.8) is 0 Å². The Kier molecular flexibility index (Phi) is 3.68. The normalized spacial score (nSPS) is 14.2. The Labute approximate surface area is 88.8 Å². The summed E-state index contributed by atoms with van der Waals surface area (Å²) in [4.78, 5) is 0. The Balaban J connectivity index is 2.54. The number of amidine groups is 1. The highest BCUT2D eigenvalue weighted by Gasteiger charge is 2.08. The molecule has 0 bridgehead atoms. The molecular weight excluding hydrogens is 194 g/mol. The summed E-state index contributed by atoms with van der Waals surface area (Å²) >= 11 is 0. The predicted molar refractivity (Wildman–Crippen MR) is 57.7 cm³/mol. The summed E-state index contributed by atoms with van der Waals surface area (Å²) in [7, 11) is 1.88. The fourth-order valence-electron chi connectivity index (χ4n) is 1.28. The lowest BCUT2D eigenvalue weighted by Gasteiger charge is -2.11. The average molecular weight is 211 g/mol. The van der Waals surface area contributed by atoms with Gasteiger partial charge >= 0.3 is 0 Å². The molecule has 0 aromatic carbocycles. The van der Waals surface area contributed by atoms with E-state index in [9.17, 15) is 0 Å². The van der Waals surface area contributed by atoms with Gasteiger partial charge in [0.1, 0.15) is 0 Å². The summed E-state index contributed by atoms with van der Waals surface area (Å²) < 4.78 is 1.76. The van der Waals surface area contributed by atoms with Crippen molar-refractivity contribution in [1.29, 1.82) is 0 Å². The molecule has 1 atom stereocenters. The van der Waals surface area contributed by atoms with Gasteiger partial charge in [-0.1, -0.05) is 5.16 Å². The molecule has 0 saturated heterocycles. The third-order valence-electron chi connectivity index (χ3n) is 2.27. The van der Waals surface area contributed by atoms with Crippen molar-refractivity contribution in [2.75, 3.05) is 0 Å². The van der Waals surface area contributed by atoms with E-state index in [0.29, 0.717) is 6.54 Å². The molecule has 4 N–H and O–H groups in total. The zero-order valence-corrected chi connectivity index (χ0v) is 9.23. The predicted octanol–water partition coefficient (Wildman–Crippen LogP) is -0.0470. The number of nitrogens with two attached hydrogens (primary N) is 1. The maximum atomic E-state index is 8.47. The second kappa shape index (κ2) is 4.79. The van der Waals surface area contributed by atoms with Gasteiger partial charge in [-0.15, -0.1) is 0 Å². The summed E-state index contributed by atoms with van der Waals surface area (Å²) in [6.45, 7) is 4.43. The first-order valence-electron chi connectivity index (χ1n) is 4.74. The van der Waals surface area contributed by atoms with Gasteiger partial charge in [0.15, 0.2) is 5.84 Å². The van der Waals surface area contributed by atoms with E-state index in [1.165, 1.54) is 0 Å². The lowest BCUT2D eigenvalue weighted by atomic mass is 10.2. The van der Waals surface area contributed by atoms with Crippen LogP contribution in [-0.2, 0) is 13.6 Å². The quantitative estimate of drug-likeness (QED) is 0.282. The molecule has 1 rings (SSSR count). The molecule has 0 fully saturated rings.